The molecule has 1 atom stereocenters. The Hall–Kier alpha value is -2.92. The van der Waals surface area contributed by atoms with Gasteiger partial charge in [-0.05, 0) is 48.0 Å². The zero-order valence-corrected chi connectivity index (χ0v) is 14.4. The third-order valence-corrected chi connectivity index (χ3v) is 4.53. The second-order valence-electron chi connectivity index (χ2n) is 6.05. The van der Waals surface area contributed by atoms with Crippen LogP contribution in [0.4, 0.5) is 10.1 Å². The molecule has 0 aliphatic carbocycles. The van der Waals surface area contributed by atoms with Crippen LogP contribution >= 0.6 is 11.6 Å². The molecular formula is C20H15ClFN3O. The topological polar surface area (TPSA) is 45.2 Å². The summed E-state index contributed by atoms with van der Waals surface area (Å²) in [7, 11) is 0. The van der Waals surface area contributed by atoms with Crippen molar-refractivity contribution < 1.29 is 9.18 Å². The van der Waals surface area contributed by atoms with Crippen molar-refractivity contribution in [2.75, 3.05) is 5.32 Å². The first-order valence-electron chi connectivity index (χ1n) is 8.14. The summed E-state index contributed by atoms with van der Waals surface area (Å²) in [6.07, 6.45) is 1.24. The fourth-order valence-corrected chi connectivity index (χ4v) is 3.26. The van der Waals surface area contributed by atoms with Gasteiger partial charge in [-0.3, -0.25) is 9.78 Å². The molecule has 0 radical (unpaired) electrons. The average molecular weight is 368 g/mol. The van der Waals surface area contributed by atoms with E-state index in [-0.39, 0.29) is 11.7 Å². The summed E-state index contributed by atoms with van der Waals surface area (Å²) in [5.41, 5.74) is 2.86. The number of amides is 1. The van der Waals surface area contributed by atoms with Crippen LogP contribution < -0.4 is 5.32 Å². The Kier molecular flexibility index (Phi) is 4.31. The molecule has 1 amide bonds. The first-order chi connectivity index (χ1) is 12.6. The second kappa shape index (κ2) is 6.77. The minimum absolute atomic E-state index is 0.114. The van der Waals surface area contributed by atoms with Gasteiger partial charge >= 0.3 is 0 Å². The summed E-state index contributed by atoms with van der Waals surface area (Å²) in [5.74, 6) is -0.419. The fourth-order valence-electron chi connectivity index (χ4n) is 3.07. The molecule has 1 aliphatic heterocycles. The number of nitrogens with one attached hydrogen (secondary N) is 1. The van der Waals surface area contributed by atoms with Gasteiger partial charge in [0.05, 0.1) is 11.3 Å². The molecular weight excluding hydrogens is 353 g/mol. The monoisotopic (exact) mass is 367 g/mol. The molecule has 1 aliphatic rings. The molecule has 3 aromatic rings. The summed E-state index contributed by atoms with van der Waals surface area (Å²) in [5, 5.41) is 3.94. The molecule has 0 spiro atoms. The molecule has 0 fully saturated rings. The van der Waals surface area contributed by atoms with E-state index in [1.54, 1.807) is 47.5 Å². The zero-order chi connectivity index (χ0) is 18.1. The number of nitrogens with zero attached hydrogens (tertiary/aromatic N) is 2. The van der Waals surface area contributed by atoms with Crippen molar-refractivity contribution in [3.63, 3.8) is 0 Å². The number of rotatable bonds is 4. The number of carbonyl (C=O) groups is 1. The Morgan fingerprint density at radius 1 is 1.12 bits per heavy atom. The maximum atomic E-state index is 13.2. The standard InChI is InChI=1S/C20H15ClFN3O/c21-14-3-1-4-16(11-14)24-19-18-17(5-2-10-23-18)20(26)25(19)12-13-6-8-15(22)9-7-13/h1-11,19,24H,12H2. The van der Waals surface area contributed by atoms with Crippen LogP contribution in [0.2, 0.25) is 5.02 Å². The quantitative estimate of drug-likeness (QED) is 0.730. The minimum atomic E-state index is -0.429. The van der Waals surface area contributed by atoms with E-state index < -0.39 is 6.17 Å². The lowest BCUT2D eigenvalue weighted by atomic mass is 10.2. The zero-order valence-electron chi connectivity index (χ0n) is 13.7. The predicted molar refractivity (Wildman–Crippen MR) is 98.3 cm³/mol. The van der Waals surface area contributed by atoms with Crippen LogP contribution in [0.3, 0.4) is 0 Å². The van der Waals surface area contributed by atoms with E-state index in [0.717, 1.165) is 11.3 Å². The molecule has 4 nitrogen and oxygen atoms in total. The summed E-state index contributed by atoms with van der Waals surface area (Å²) < 4.78 is 13.2. The van der Waals surface area contributed by atoms with Crippen LogP contribution in [0.5, 0.6) is 0 Å². The minimum Gasteiger partial charge on any atom is -0.360 e. The van der Waals surface area contributed by atoms with E-state index in [4.69, 9.17) is 11.6 Å². The van der Waals surface area contributed by atoms with Gasteiger partial charge in [-0.1, -0.05) is 29.8 Å². The Balaban J connectivity index is 1.68. The lowest BCUT2D eigenvalue weighted by Crippen LogP contribution is -2.32. The van der Waals surface area contributed by atoms with E-state index >= 15 is 0 Å². The molecule has 130 valence electrons. The molecule has 2 heterocycles. The van der Waals surface area contributed by atoms with Crippen LogP contribution in [0.15, 0.2) is 66.9 Å². The number of benzene rings is 2. The summed E-state index contributed by atoms with van der Waals surface area (Å²) >= 11 is 6.07. The Morgan fingerprint density at radius 2 is 1.92 bits per heavy atom. The van der Waals surface area contributed by atoms with Crippen molar-refractivity contribution in [1.29, 1.82) is 0 Å². The van der Waals surface area contributed by atoms with Crippen LogP contribution in [-0.4, -0.2) is 15.8 Å². The van der Waals surface area contributed by atoms with Crippen molar-refractivity contribution >= 4 is 23.2 Å². The molecule has 2 aromatic carbocycles. The summed E-state index contributed by atoms with van der Waals surface area (Å²) in [6.45, 7) is 0.341. The predicted octanol–water partition coefficient (Wildman–Crippen LogP) is 4.64. The van der Waals surface area contributed by atoms with E-state index in [1.807, 2.05) is 12.1 Å². The number of carbonyl (C=O) groups excluding carboxylic acids is 1. The van der Waals surface area contributed by atoms with Crippen LogP contribution in [0.25, 0.3) is 0 Å². The van der Waals surface area contributed by atoms with Crippen LogP contribution in [0.1, 0.15) is 27.8 Å². The first-order valence-corrected chi connectivity index (χ1v) is 8.52. The molecule has 4 rings (SSSR count). The van der Waals surface area contributed by atoms with Gasteiger partial charge in [-0.2, -0.15) is 0 Å². The van der Waals surface area contributed by atoms with Crippen molar-refractivity contribution in [2.45, 2.75) is 12.7 Å². The van der Waals surface area contributed by atoms with E-state index in [1.165, 1.54) is 12.1 Å². The van der Waals surface area contributed by atoms with Gasteiger partial charge in [-0.15, -0.1) is 0 Å². The van der Waals surface area contributed by atoms with Crippen molar-refractivity contribution in [1.82, 2.24) is 9.88 Å². The maximum absolute atomic E-state index is 13.2. The summed E-state index contributed by atoms with van der Waals surface area (Å²) in [6, 6.07) is 16.9. The normalized spacial score (nSPS) is 15.8. The molecule has 6 heteroatoms. The van der Waals surface area contributed by atoms with Crippen molar-refractivity contribution in [3.8, 4) is 0 Å². The van der Waals surface area contributed by atoms with Gasteiger partial charge in [0.2, 0.25) is 0 Å². The lowest BCUT2D eigenvalue weighted by Gasteiger charge is -2.26. The average Bonchev–Trinajstić information content (AvgIpc) is 2.90. The first kappa shape index (κ1) is 16.5. The number of hydrogen-bond donors (Lipinski definition) is 1. The largest absolute Gasteiger partial charge is 0.360 e. The highest BCUT2D eigenvalue weighted by Gasteiger charge is 2.37. The third kappa shape index (κ3) is 3.13. The van der Waals surface area contributed by atoms with Gasteiger partial charge in [-0.25, -0.2) is 4.39 Å². The highest BCUT2D eigenvalue weighted by Crippen LogP contribution is 2.34. The number of anilines is 1. The van der Waals surface area contributed by atoms with Crippen molar-refractivity contribution in [2.24, 2.45) is 0 Å². The van der Waals surface area contributed by atoms with Crippen LogP contribution in [0, 0.1) is 5.82 Å². The molecule has 1 aromatic heterocycles. The highest BCUT2D eigenvalue weighted by molar-refractivity contribution is 6.30. The molecule has 26 heavy (non-hydrogen) atoms. The SMILES string of the molecule is O=C1c2cccnc2C(Nc2cccc(Cl)c2)N1Cc1ccc(F)cc1. The molecule has 0 saturated carbocycles. The van der Waals surface area contributed by atoms with Gasteiger partial charge in [0.1, 0.15) is 12.0 Å². The second-order valence-corrected chi connectivity index (χ2v) is 6.49. The Bertz CT molecular complexity index is 961. The number of hydrogen-bond acceptors (Lipinski definition) is 3. The van der Waals surface area contributed by atoms with Crippen molar-refractivity contribution in [3.05, 3.63) is 94.5 Å². The van der Waals surface area contributed by atoms with Gasteiger partial charge < -0.3 is 10.2 Å². The number of fused-ring (bicyclic) bond motifs is 1. The summed E-state index contributed by atoms with van der Waals surface area (Å²) in [4.78, 5) is 19.0. The maximum Gasteiger partial charge on any atom is 0.258 e. The number of pyridine rings is 1. The lowest BCUT2D eigenvalue weighted by molar-refractivity contribution is 0.0728. The fraction of sp³-hybridized carbons (Fsp3) is 0.100. The molecule has 1 N–H and O–H groups in total. The number of halogens is 2. The van der Waals surface area contributed by atoms with E-state index in [2.05, 4.69) is 10.3 Å². The Labute approximate surface area is 155 Å². The van der Waals surface area contributed by atoms with Gasteiger partial charge in [0, 0.05) is 23.5 Å². The van der Waals surface area contributed by atoms with E-state index in [9.17, 15) is 9.18 Å². The van der Waals surface area contributed by atoms with E-state index in [0.29, 0.717) is 22.8 Å². The van der Waals surface area contributed by atoms with Gasteiger partial charge in [0.25, 0.3) is 5.91 Å². The van der Waals surface area contributed by atoms with Gasteiger partial charge in [0.15, 0.2) is 0 Å². The van der Waals surface area contributed by atoms with Crippen LogP contribution in [-0.2, 0) is 6.54 Å². The number of aromatic nitrogens is 1. The highest BCUT2D eigenvalue weighted by atomic mass is 35.5. The molecule has 0 saturated heterocycles. The smallest absolute Gasteiger partial charge is 0.258 e. The third-order valence-electron chi connectivity index (χ3n) is 4.29. The molecule has 0 bridgehead atoms. The Morgan fingerprint density at radius 3 is 2.69 bits per heavy atom. The molecule has 1 unspecified atom stereocenters.